The zero-order chi connectivity index (χ0) is 16.2. The maximum Gasteiger partial charge on any atom is 0.308 e. The number of carboxylic acids is 1. The van der Waals surface area contributed by atoms with Crippen LogP contribution in [0.2, 0.25) is 0 Å². The molecule has 0 aromatic heterocycles. The molecule has 0 radical (unpaired) electrons. The number of aryl methyl sites for hydroxylation is 1. The first-order valence-electron chi connectivity index (χ1n) is 6.95. The minimum atomic E-state index is -0.869. The van der Waals surface area contributed by atoms with Crippen molar-refractivity contribution in [2.24, 2.45) is 11.8 Å². The van der Waals surface area contributed by atoms with Gasteiger partial charge in [0.1, 0.15) is 0 Å². The molecule has 1 atom stereocenters. The van der Waals surface area contributed by atoms with Gasteiger partial charge in [-0.3, -0.25) is 14.9 Å². The number of rotatable bonds is 7. The second kappa shape index (κ2) is 7.06. The summed E-state index contributed by atoms with van der Waals surface area (Å²) in [6, 6.07) is 4.69. The van der Waals surface area contributed by atoms with Crippen molar-refractivity contribution in [2.75, 3.05) is 18.0 Å². The van der Waals surface area contributed by atoms with Crippen molar-refractivity contribution in [3.63, 3.8) is 0 Å². The summed E-state index contributed by atoms with van der Waals surface area (Å²) in [6.45, 7) is 8.56. The van der Waals surface area contributed by atoms with Crippen molar-refractivity contribution in [1.29, 1.82) is 0 Å². The molecule has 1 N–H and O–H groups in total. The summed E-state index contributed by atoms with van der Waals surface area (Å²) in [5.41, 5.74) is 1.65. The molecule has 0 bridgehead atoms. The quantitative estimate of drug-likeness (QED) is 0.617. The van der Waals surface area contributed by atoms with Crippen molar-refractivity contribution >= 4 is 17.3 Å². The van der Waals surface area contributed by atoms with Gasteiger partial charge in [-0.15, -0.1) is 0 Å². The van der Waals surface area contributed by atoms with Crippen LogP contribution >= 0.6 is 0 Å². The van der Waals surface area contributed by atoms with E-state index >= 15 is 0 Å². The number of nitro benzene ring substituents is 1. The van der Waals surface area contributed by atoms with Crippen LogP contribution in [0, 0.1) is 28.9 Å². The fourth-order valence-corrected chi connectivity index (χ4v) is 2.17. The van der Waals surface area contributed by atoms with E-state index in [1.165, 1.54) is 12.1 Å². The van der Waals surface area contributed by atoms with Crippen LogP contribution in [0.15, 0.2) is 18.2 Å². The molecular weight excluding hydrogens is 272 g/mol. The molecule has 21 heavy (non-hydrogen) atoms. The highest BCUT2D eigenvalue weighted by atomic mass is 16.6. The van der Waals surface area contributed by atoms with Gasteiger partial charge in [0.2, 0.25) is 0 Å². The largest absolute Gasteiger partial charge is 0.481 e. The third kappa shape index (κ3) is 4.73. The lowest BCUT2D eigenvalue weighted by Gasteiger charge is -2.29. The maximum absolute atomic E-state index is 11.1. The number of carboxylic acid groups (broad SMARTS) is 1. The number of benzene rings is 1. The Labute approximate surface area is 124 Å². The van der Waals surface area contributed by atoms with Gasteiger partial charge in [-0.25, -0.2) is 0 Å². The molecule has 0 heterocycles. The summed E-state index contributed by atoms with van der Waals surface area (Å²) in [7, 11) is 0. The van der Waals surface area contributed by atoms with E-state index in [4.69, 9.17) is 5.11 Å². The SMILES string of the molecule is Cc1ccc([N+](=O)[O-])cc1N(CC(C)C)CC(C)C(=O)O. The predicted octanol–water partition coefficient (Wildman–Crippen LogP) is 3.09. The van der Waals surface area contributed by atoms with Crippen molar-refractivity contribution in [1.82, 2.24) is 0 Å². The zero-order valence-corrected chi connectivity index (χ0v) is 12.9. The third-order valence-corrected chi connectivity index (χ3v) is 3.25. The molecule has 0 aliphatic rings. The minimum absolute atomic E-state index is 0.0207. The first-order valence-corrected chi connectivity index (χ1v) is 6.95. The molecule has 116 valence electrons. The number of carbonyl (C=O) groups is 1. The molecule has 1 aromatic rings. The van der Waals surface area contributed by atoms with Crippen LogP contribution in [0.5, 0.6) is 0 Å². The first kappa shape index (κ1) is 16.9. The van der Waals surface area contributed by atoms with E-state index in [-0.39, 0.29) is 5.69 Å². The maximum atomic E-state index is 11.1. The summed E-state index contributed by atoms with van der Waals surface area (Å²) in [5, 5.41) is 20.0. The van der Waals surface area contributed by atoms with Gasteiger partial charge in [0.15, 0.2) is 0 Å². The summed E-state index contributed by atoms with van der Waals surface area (Å²) in [6.07, 6.45) is 0. The van der Waals surface area contributed by atoms with Crippen molar-refractivity contribution in [3.05, 3.63) is 33.9 Å². The molecular formula is C15H22N2O4. The Bertz CT molecular complexity index is 528. The molecule has 0 saturated carbocycles. The van der Waals surface area contributed by atoms with E-state index in [0.717, 1.165) is 11.3 Å². The smallest absolute Gasteiger partial charge is 0.308 e. The van der Waals surface area contributed by atoms with Gasteiger partial charge in [0, 0.05) is 30.9 Å². The Morgan fingerprint density at radius 2 is 1.95 bits per heavy atom. The Morgan fingerprint density at radius 3 is 2.43 bits per heavy atom. The molecule has 0 spiro atoms. The van der Waals surface area contributed by atoms with Gasteiger partial charge < -0.3 is 10.0 Å². The molecule has 6 heteroatoms. The molecule has 0 aliphatic carbocycles. The van der Waals surface area contributed by atoms with Crippen LogP contribution < -0.4 is 4.90 Å². The normalized spacial score (nSPS) is 12.2. The minimum Gasteiger partial charge on any atom is -0.481 e. The Kier molecular flexibility index (Phi) is 5.69. The van der Waals surface area contributed by atoms with Crippen LogP contribution in [0.1, 0.15) is 26.3 Å². The molecule has 0 amide bonds. The fraction of sp³-hybridized carbons (Fsp3) is 0.533. The van der Waals surface area contributed by atoms with E-state index < -0.39 is 16.8 Å². The van der Waals surface area contributed by atoms with Gasteiger partial charge >= 0.3 is 5.97 Å². The van der Waals surface area contributed by atoms with Crippen molar-refractivity contribution in [3.8, 4) is 0 Å². The van der Waals surface area contributed by atoms with Crippen molar-refractivity contribution in [2.45, 2.75) is 27.7 Å². The lowest BCUT2D eigenvalue weighted by atomic mass is 10.1. The van der Waals surface area contributed by atoms with Gasteiger partial charge in [0.05, 0.1) is 10.8 Å². The lowest BCUT2D eigenvalue weighted by molar-refractivity contribution is -0.384. The molecule has 1 unspecified atom stereocenters. The number of nitro groups is 1. The predicted molar refractivity (Wildman–Crippen MR) is 81.7 cm³/mol. The second-order valence-electron chi connectivity index (χ2n) is 5.77. The Hall–Kier alpha value is -2.11. The lowest BCUT2D eigenvalue weighted by Crippen LogP contribution is -2.35. The number of hydrogen-bond acceptors (Lipinski definition) is 4. The molecule has 1 rings (SSSR count). The van der Waals surface area contributed by atoms with Gasteiger partial charge in [-0.05, 0) is 18.4 Å². The highest BCUT2D eigenvalue weighted by Gasteiger charge is 2.20. The molecule has 1 aromatic carbocycles. The van der Waals surface area contributed by atoms with Gasteiger partial charge in [0.25, 0.3) is 5.69 Å². The van der Waals surface area contributed by atoms with Crippen LogP contribution in [0.25, 0.3) is 0 Å². The van der Waals surface area contributed by atoms with Crippen LogP contribution in [-0.4, -0.2) is 29.1 Å². The number of aliphatic carboxylic acids is 1. The van der Waals surface area contributed by atoms with Gasteiger partial charge in [-0.1, -0.05) is 26.8 Å². The van der Waals surface area contributed by atoms with E-state index in [1.54, 1.807) is 13.0 Å². The fourth-order valence-electron chi connectivity index (χ4n) is 2.17. The van der Waals surface area contributed by atoms with E-state index in [9.17, 15) is 14.9 Å². The average molecular weight is 294 g/mol. The summed E-state index contributed by atoms with van der Waals surface area (Å²) >= 11 is 0. The molecule has 0 fully saturated rings. The van der Waals surface area contributed by atoms with Crippen LogP contribution in [-0.2, 0) is 4.79 Å². The summed E-state index contributed by atoms with van der Waals surface area (Å²) < 4.78 is 0. The second-order valence-corrected chi connectivity index (χ2v) is 5.77. The number of hydrogen-bond donors (Lipinski definition) is 1. The van der Waals surface area contributed by atoms with Crippen LogP contribution in [0.4, 0.5) is 11.4 Å². The van der Waals surface area contributed by atoms with E-state index in [0.29, 0.717) is 19.0 Å². The van der Waals surface area contributed by atoms with E-state index in [2.05, 4.69) is 0 Å². The highest BCUT2D eigenvalue weighted by molar-refractivity contribution is 5.71. The number of anilines is 1. The number of non-ortho nitro benzene ring substituents is 1. The molecule has 0 saturated heterocycles. The summed E-state index contributed by atoms with van der Waals surface area (Å²) in [4.78, 5) is 23.5. The standard InChI is InChI=1S/C15H22N2O4/c1-10(2)8-16(9-12(4)15(18)19)14-7-13(17(20)21)6-5-11(14)3/h5-7,10,12H,8-9H2,1-4H3,(H,18,19). The topological polar surface area (TPSA) is 83.7 Å². The van der Waals surface area contributed by atoms with Gasteiger partial charge in [-0.2, -0.15) is 0 Å². The Balaban J connectivity index is 3.15. The van der Waals surface area contributed by atoms with E-state index in [1.807, 2.05) is 25.7 Å². The summed E-state index contributed by atoms with van der Waals surface area (Å²) in [5.74, 6) is -1.08. The first-order chi connectivity index (χ1) is 9.72. The molecule has 0 aliphatic heterocycles. The van der Waals surface area contributed by atoms with Crippen molar-refractivity contribution < 1.29 is 14.8 Å². The number of nitrogens with zero attached hydrogens (tertiary/aromatic N) is 2. The van der Waals surface area contributed by atoms with Crippen LogP contribution in [0.3, 0.4) is 0 Å². The molecule has 6 nitrogen and oxygen atoms in total. The average Bonchev–Trinajstić information content (AvgIpc) is 2.37. The zero-order valence-electron chi connectivity index (χ0n) is 12.9. The monoisotopic (exact) mass is 294 g/mol. The third-order valence-electron chi connectivity index (χ3n) is 3.25. The highest BCUT2D eigenvalue weighted by Crippen LogP contribution is 2.27. The Morgan fingerprint density at radius 1 is 1.33 bits per heavy atom.